The Labute approximate surface area is 176 Å². The highest BCUT2D eigenvalue weighted by atomic mass is 127. The molecule has 5 nitrogen and oxygen atoms in total. The van der Waals surface area contributed by atoms with Crippen molar-refractivity contribution in [2.45, 2.75) is 37.5 Å². The van der Waals surface area contributed by atoms with E-state index in [0.717, 1.165) is 13.1 Å². The Bertz CT molecular complexity index is 554. The van der Waals surface area contributed by atoms with Crippen molar-refractivity contribution in [1.82, 2.24) is 10.6 Å². The molecule has 1 aromatic carbocycles. The molecule has 1 aromatic rings. The van der Waals surface area contributed by atoms with Gasteiger partial charge in [-0.25, -0.2) is 4.39 Å². The number of hydrogen-bond acceptors (Lipinski definition) is 4. The van der Waals surface area contributed by atoms with Crippen LogP contribution in [0.1, 0.15) is 26.7 Å². The molecule has 2 rings (SSSR count). The lowest BCUT2D eigenvalue weighted by molar-refractivity contribution is 0.110. The molecule has 1 aliphatic rings. The minimum absolute atomic E-state index is 0. The van der Waals surface area contributed by atoms with Crippen LogP contribution in [0.15, 0.2) is 29.3 Å². The Morgan fingerprint density at radius 1 is 1.38 bits per heavy atom. The van der Waals surface area contributed by atoms with E-state index < -0.39 is 6.10 Å². The fourth-order valence-electron chi connectivity index (χ4n) is 2.55. The van der Waals surface area contributed by atoms with Crippen LogP contribution in [-0.4, -0.2) is 53.9 Å². The number of halogens is 2. The van der Waals surface area contributed by atoms with E-state index in [2.05, 4.69) is 22.5 Å². The maximum Gasteiger partial charge on any atom is 0.191 e. The van der Waals surface area contributed by atoms with Crippen molar-refractivity contribution in [3.8, 4) is 5.75 Å². The zero-order valence-corrected chi connectivity index (χ0v) is 18.5. The maximum absolute atomic E-state index is 12.8. The number of ether oxygens (including phenoxy) is 1. The van der Waals surface area contributed by atoms with Crippen LogP contribution in [0.3, 0.4) is 0 Å². The summed E-state index contributed by atoms with van der Waals surface area (Å²) < 4.78 is 18.5. The summed E-state index contributed by atoms with van der Waals surface area (Å²) in [6.45, 7) is 6.25. The minimum Gasteiger partial charge on any atom is -0.491 e. The second-order valence-corrected chi connectivity index (χ2v) is 8.08. The topological polar surface area (TPSA) is 65.9 Å². The van der Waals surface area contributed by atoms with E-state index in [0.29, 0.717) is 18.3 Å². The van der Waals surface area contributed by atoms with Gasteiger partial charge < -0.3 is 20.5 Å². The molecule has 0 aromatic heterocycles. The lowest BCUT2D eigenvalue weighted by atomic mass is 10.1. The first kappa shape index (κ1) is 23.3. The van der Waals surface area contributed by atoms with Crippen molar-refractivity contribution in [1.29, 1.82) is 0 Å². The summed E-state index contributed by atoms with van der Waals surface area (Å²) in [5, 5.41) is 16.4. The summed E-state index contributed by atoms with van der Waals surface area (Å²) in [4.78, 5) is 4.65. The highest BCUT2D eigenvalue weighted by Gasteiger charge is 2.29. The molecule has 1 saturated heterocycles. The van der Waals surface area contributed by atoms with Gasteiger partial charge in [-0.15, -0.1) is 24.0 Å². The average molecular weight is 497 g/mol. The molecule has 0 aliphatic carbocycles. The van der Waals surface area contributed by atoms with Crippen molar-refractivity contribution in [2.24, 2.45) is 4.99 Å². The van der Waals surface area contributed by atoms with Crippen LogP contribution in [0.5, 0.6) is 5.75 Å². The third kappa shape index (κ3) is 8.30. The van der Waals surface area contributed by atoms with Gasteiger partial charge in [0, 0.05) is 17.8 Å². The summed E-state index contributed by atoms with van der Waals surface area (Å²) in [7, 11) is 0. The number of aliphatic hydroxyl groups excluding tert-OH is 1. The van der Waals surface area contributed by atoms with Crippen LogP contribution in [0, 0.1) is 5.82 Å². The first-order valence-corrected chi connectivity index (χ1v) is 9.72. The van der Waals surface area contributed by atoms with Crippen molar-refractivity contribution in [3.05, 3.63) is 30.1 Å². The number of hydrogen-bond donors (Lipinski definition) is 3. The Balaban J connectivity index is 0.00000338. The van der Waals surface area contributed by atoms with Crippen molar-refractivity contribution >= 4 is 41.7 Å². The Hall–Kier alpha value is -0.740. The summed E-state index contributed by atoms with van der Waals surface area (Å²) in [5.74, 6) is 2.13. The summed E-state index contributed by atoms with van der Waals surface area (Å²) in [6.07, 6.45) is 1.75. The second-order valence-electron chi connectivity index (χ2n) is 6.40. The van der Waals surface area contributed by atoms with Gasteiger partial charge >= 0.3 is 0 Å². The Morgan fingerprint density at radius 2 is 2.12 bits per heavy atom. The zero-order chi connectivity index (χ0) is 18.1. The quantitative estimate of drug-likeness (QED) is 0.293. The van der Waals surface area contributed by atoms with Gasteiger partial charge in [0.15, 0.2) is 5.96 Å². The van der Waals surface area contributed by atoms with E-state index in [4.69, 9.17) is 4.74 Å². The van der Waals surface area contributed by atoms with Crippen LogP contribution < -0.4 is 15.4 Å². The number of rotatable bonds is 8. The van der Waals surface area contributed by atoms with Crippen molar-refractivity contribution in [3.63, 3.8) is 0 Å². The van der Waals surface area contributed by atoms with Crippen LogP contribution >= 0.6 is 35.7 Å². The smallest absolute Gasteiger partial charge is 0.191 e. The van der Waals surface area contributed by atoms with Crippen molar-refractivity contribution < 1.29 is 14.2 Å². The first-order valence-electron chi connectivity index (χ1n) is 8.73. The molecule has 1 aliphatic heterocycles. The average Bonchev–Trinajstić information content (AvgIpc) is 3.04. The predicted molar refractivity (Wildman–Crippen MR) is 117 cm³/mol. The first-order chi connectivity index (χ1) is 12.0. The van der Waals surface area contributed by atoms with E-state index in [1.807, 2.05) is 18.7 Å². The van der Waals surface area contributed by atoms with E-state index in [-0.39, 0.29) is 41.1 Å². The van der Waals surface area contributed by atoms with Gasteiger partial charge in [-0.3, -0.25) is 4.99 Å². The molecule has 3 N–H and O–H groups in total. The molecule has 1 fully saturated rings. The van der Waals surface area contributed by atoms with E-state index in [1.165, 1.54) is 30.7 Å². The van der Waals surface area contributed by atoms with Gasteiger partial charge in [0.1, 0.15) is 24.3 Å². The number of benzene rings is 1. The van der Waals surface area contributed by atoms with Crippen LogP contribution in [0.4, 0.5) is 4.39 Å². The van der Waals surface area contributed by atoms with Crippen LogP contribution in [0.25, 0.3) is 0 Å². The maximum atomic E-state index is 12.8. The van der Waals surface area contributed by atoms with Crippen LogP contribution in [0.2, 0.25) is 0 Å². The molecule has 8 heteroatoms. The minimum atomic E-state index is -0.689. The number of nitrogens with one attached hydrogen (secondary N) is 2. The zero-order valence-electron chi connectivity index (χ0n) is 15.3. The number of aliphatic hydroxyl groups is 1. The molecular formula is C18H29FIN3O2S. The van der Waals surface area contributed by atoms with E-state index in [9.17, 15) is 9.50 Å². The lowest BCUT2D eigenvalue weighted by Gasteiger charge is -2.21. The molecule has 2 unspecified atom stereocenters. The summed E-state index contributed by atoms with van der Waals surface area (Å²) in [6, 6.07) is 5.75. The molecule has 0 spiro atoms. The number of nitrogens with zero attached hydrogens (tertiary/aromatic N) is 1. The highest BCUT2D eigenvalue weighted by Crippen LogP contribution is 2.37. The van der Waals surface area contributed by atoms with Crippen LogP contribution in [-0.2, 0) is 0 Å². The summed E-state index contributed by atoms with van der Waals surface area (Å²) in [5.41, 5.74) is 0. The van der Waals surface area contributed by atoms with Gasteiger partial charge in [0.2, 0.25) is 0 Å². The Kier molecular flexibility index (Phi) is 10.6. The number of aliphatic imine (C=N–C) groups is 1. The normalized spacial score (nSPS) is 21.0. The monoisotopic (exact) mass is 497 g/mol. The molecule has 0 radical (unpaired) electrons. The third-order valence-corrected chi connectivity index (χ3v) is 5.50. The lowest BCUT2D eigenvalue weighted by Crippen LogP contribution is -2.43. The largest absolute Gasteiger partial charge is 0.491 e. The van der Waals surface area contributed by atoms with Gasteiger partial charge in [-0.1, -0.05) is 0 Å². The van der Waals surface area contributed by atoms with Gasteiger partial charge in [0.05, 0.1) is 6.54 Å². The fourth-order valence-corrected chi connectivity index (χ4v) is 3.77. The summed E-state index contributed by atoms with van der Waals surface area (Å²) >= 11 is 1.98. The van der Waals surface area contributed by atoms with E-state index in [1.54, 1.807) is 12.1 Å². The predicted octanol–water partition coefficient (Wildman–Crippen LogP) is 3.02. The molecule has 0 saturated carbocycles. The molecule has 26 heavy (non-hydrogen) atoms. The van der Waals surface area contributed by atoms with Crippen molar-refractivity contribution in [2.75, 3.05) is 32.0 Å². The van der Waals surface area contributed by atoms with Gasteiger partial charge in [-0.05, 0) is 56.7 Å². The SMILES string of the molecule is CCNC(=NCC1(C)CCCS1)NCC(O)COc1ccc(F)cc1.I. The fraction of sp³-hybridized carbons (Fsp3) is 0.611. The van der Waals surface area contributed by atoms with Gasteiger partial charge in [-0.2, -0.15) is 11.8 Å². The molecule has 2 atom stereocenters. The molecule has 0 amide bonds. The Morgan fingerprint density at radius 3 is 2.73 bits per heavy atom. The molecule has 148 valence electrons. The third-order valence-electron chi connectivity index (χ3n) is 3.98. The number of thioether (sulfide) groups is 1. The number of guanidine groups is 1. The standard InChI is InChI=1S/C18H28FN3O2S.HI/c1-3-20-17(22-13-18(2)9-4-10-25-18)21-11-15(23)12-24-16-7-5-14(19)6-8-16;/h5-8,15,23H,3-4,9-13H2,1-2H3,(H2,20,21,22);1H. The molecule has 0 bridgehead atoms. The molecule has 1 heterocycles. The molecular weight excluding hydrogens is 468 g/mol. The second kappa shape index (κ2) is 11.9. The van der Waals surface area contributed by atoms with Gasteiger partial charge in [0.25, 0.3) is 0 Å². The van der Waals surface area contributed by atoms with E-state index >= 15 is 0 Å². The highest BCUT2D eigenvalue weighted by molar-refractivity contribution is 14.0.